The van der Waals surface area contributed by atoms with E-state index >= 15 is 0 Å². The zero-order valence-corrected chi connectivity index (χ0v) is 14.2. The maximum Gasteiger partial charge on any atom is 0.251 e. The molecule has 1 aromatic heterocycles. The summed E-state index contributed by atoms with van der Waals surface area (Å²) in [6.07, 6.45) is 1.67. The summed E-state index contributed by atoms with van der Waals surface area (Å²) in [5, 5.41) is 5.98. The first-order valence-electron chi connectivity index (χ1n) is 7.86. The van der Waals surface area contributed by atoms with Gasteiger partial charge in [-0.25, -0.2) is 4.98 Å². The number of nitrogens with zero attached hydrogens (tertiary/aromatic N) is 1. The van der Waals surface area contributed by atoms with Crippen LogP contribution in [0, 0.1) is 0 Å². The molecule has 2 rings (SSSR count). The number of anilines is 2. The molecule has 2 N–H and O–H groups in total. The summed E-state index contributed by atoms with van der Waals surface area (Å²) in [4.78, 5) is 16.4. The van der Waals surface area contributed by atoms with Crippen LogP contribution in [0.15, 0.2) is 42.6 Å². The molecule has 0 spiro atoms. The Morgan fingerprint density at radius 1 is 1.25 bits per heavy atom. The first kappa shape index (κ1) is 17.7. The van der Waals surface area contributed by atoms with Crippen molar-refractivity contribution >= 4 is 17.4 Å². The number of hydrogen-bond donors (Lipinski definition) is 2. The minimum absolute atomic E-state index is 0.0683. The Bertz CT molecular complexity index is 674. The van der Waals surface area contributed by atoms with Crippen LogP contribution in [0.5, 0.6) is 5.75 Å². The summed E-state index contributed by atoms with van der Waals surface area (Å²) in [7, 11) is 1.59. The third-order valence-corrected chi connectivity index (χ3v) is 3.13. The van der Waals surface area contributed by atoms with Crippen molar-refractivity contribution in [2.24, 2.45) is 0 Å². The van der Waals surface area contributed by atoms with E-state index in [9.17, 15) is 4.79 Å². The SMILES string of the molecule is COCCNC(=O)c1ccnc(Nc2ccccc2OC(C)C)c1. The van der Waals surface area contributed by atoms with Crippen molar-refractivity contribution in [1.29, 1.82) is 0 Å². The third kappa shape index (κ3) is 5.24. The second kappa shape index (κ2) is 8.88. The summed E-state index contributed by atoms with van der Waals surface area (Å²) in [5.41, 5.74) is 1.33. The van der Waals surface area contributed by atoms with Gasteiger partial charge in [0.1, 0.15) is 11.6 Å². The van der Waals surface area contributed by atoms with Crippen molar-refractivity contribution in [2.75, 3.05) is 25.6 Å². The van der Waals surface area contributed by atoms with Crippen molar-refractivity contribution in [3.63, 3.8) is 0 Å². The molecular weight excluding hydrogens is 306 g/mol. The highest BCUT2D eigenvalue weighted by Crippen LogP contribution is 2.27. The molecule has 0 saturated heterocycles. The van der Waals surface area contributed by atoms with Gasteiger partial charge in [-0.1, -0.05) is 12.1 Å². The predicted molar refractivity (Wildman–Crippen MR) is 93.9 cm³/mol. The molecule has 24 heavy (non-hydrogen) atoms. The lowest BCUT2D eigenvalue weighted by molar-refractivity contribution is 0.0937. The number of amides is 1. The smallest absolute Gasteiger partial charge is 0.251 e. The number of para-hydroxylation sites is 2. The van der Waals surface area contributed by atoms with Crippen LogP contribution in [0.2, 0.25) is 0 Å². The van der Waals surface area contributed by atoms with Crippen LogP contribution in [-0.4, -0.2) is 37.3 Å². The molecule has 0 aliphatic carbocycles. The number of carbonyl (C=O) groups is 1. The first-order chi connectivity index (χ1) is 11.6. The lowest BCUT2D eigenvalue weighted by Gasteiger charge is -2.15. The fourth-order valence-corrected chi connectivity index (χ4v) is 2.07. The molecule has 128 valence electrons. The Morgan fingerprint density at radius 3 is 2.79 bits per heavy atom. The van der Waals surface area contributed by atoms with Gasteiger partial charge in [0.05, 0.1) is 18.4 Å². The number of pyridine rings is 1. The van der Waals surface area contributed by atoms with E-state index in [2.05, 4.69) is 15.6 Å². The molecule has 1 heterocycles. The van der Waals surface area contributed by atoms with E-state index in [4.69, 9.17) is 9.47 Å². The number of aromatic nitrogens is 1. The number of nitrogens with one attached hydrogen (secondary N) is 2. The summed E-state index contributed by atoms with van der Waals surface area (Å²) in [6, 6.07) is 11.0. The molecule has 0 unspecified atom stereocenters. The number of rotatable bonds is 8. The lowest BCUT2D eigenvalue weighted by Crippen LogP contribution is -2.27. The maximum atomic E-state index is 12.1. The van der Waals surface area contributed by atoms with Crippen molar-refractivity contribution < 1.29 is 14.3 Å². The number of benzene rings is 1. The highest BCUT2D eigenvalue weighted by molar-refractivity contribution is 5.94. The Labute approximate surface area is 142 Å². The van der Waals surface area contributed by atoms with Crippen LogP contribution in [0.25, 0.3) is 0 Å². The maximum absolute atomic E-state index is 12.1. The van der Waals surface area contributed by atoms with Gasteiger partial charge in [-0.2, -0.15) is 0 Å². The monoisotopic (exact) mass is 329 g/mol. The molecule has 1 aromatic carbocycles. The topological polar surface area (TPSA) is 72.5 Å². The Morgan fingerprint density at radius 2 is 2.04 bits per heavy atom. The summed E-state index contributed by atoms with van der Waals surface area (Å²) >= 11 is 0. The molecule has 0 bridgehead atoms. The van der Waals surface area contributed by atoms with Gasteiger partial charge in [0, 0.05) is 25.4 Å². The van der Waals surface area contributed by atoms with E-state index in [-0.39, 0.29) is 12.0 Å². The molecule has 0 saturated carbocycles. The Balaban J connectivity index is 2.11. The quantitative estimate of drug-likeness (QED) is 0.729. The molecule has 0 radical (unpaired) electrons. The normalized spacial score (nSPS) is 10.5. The van der Waals surface area contributed by atoms with E-state index < -0.39 is 0 Å². The van der Waals surface area contributed by atoms with Gasteiger partial charge in [0.25, 0.3) is 5.91 Å². The average Bonchev–Trinajstić information content (AvgIpc) is 2.56. The minimum Gasteiger partial charge on any atom is -0.489 e. The number of carbonyl (C=O) groups excluding carboxylic acids is 1. The van der Waals surface area contributed by atoms with E-state index in [1.165, 1.54) is 0 Å². The summed E-state index contributed by atoms with van der Waals surface area (Å²) < 4.78 is 10.7. The molecule has 6 nitrogen and oxygen atoms in total. The summed E-state index contributed by atoms with van der Waals surface area (Å²) in [6.45, 7) is 4.88. The average molecular weight is 329 g/mol. The van der Waals surface area contributed by atoms with Crippen LogP contribution in [0.1, 0.15) is 24.2 Å². The van der Waals surface area contributed by atoms with Crippen LogP contribution in [-0.2, 0) is 4.74 Å². The van der Waals surface area contributed by atoms with E-state index in [0.29, 0.717) is 24.5 Å². The predicted octanol–water partition coefficient (Wildman–Crippen LogP) is 2.99. The fourth-order valence-electron chi connectivity index (χ4n) is 2.07. The molecule has 0 fully saturated rings. The van der Waals surface area contributed by atoms with Gasteiger partial charge in [-0.3, -0.25) is 4.79 Å². The van der Waals surface area contributed by atoms with Crippen molar-refractivity contribution in [3.8, 4) is 5.75 Å². The van der Waals surface area contributed by atoms with Crippen LogP contribution in [0.4, 0.5) is 11.5 Å². The summed E-state index contributed by atoms with van der Waals surface area (Å²) in [5.74, 6) is 1.16. The van der Waals surface area contributed by atoms with E-state index in [0.717, 1.165) is 11.4 Å². The van der Waals surface area contributed by atoms with Crippen molar-refractivity contribution in [3.05, 3.63) is 48.2 Å². The number of methoxy groups -OCH3 is 1. The molecule has 6 heteroatoms. The zero-order chi connectivity index (χ0) is 17.4. The van der Waals surface area contributed by atoms with E-state index in [1.807, 2.05) is 38.1 Å². The molecule has 0 aliphatic rings. The molecule has 0 atom stereocenters. The fraction of sp³-hybridized carbons (Fsp3) is 0.333. The van der Waals surface area contributed by atoms with Crippen LogP contribution in [0.3, 0.4) is 0 Å². The molecule has 2 aromatic rings. The zero-order valence-electron chi connectivity index (χ0n) is 14.2. The number of ether oxygens (including phenoxy) is 2. The Kier molecular flexibility index (Phi) is 6.57. The second-order valence-electron chi connectivity index (χ2n) is 5.47. The largest absolute Gasteiger partial charge is 0.489 e. The highest BCUT2D eigenvalue weighted by atomic mass is 16.5. The van der Waals surface area contributed by atoms with Gasteiger partial charge in [-0.15, -0.1) is 0 Å². The van der Waals surface area contributed by atoms with Crippen molar-refractivity contribution in [1.82, 2.24) is 10.3 Å². The molecule has 0 aliphatic heterocycles. The van der Waals surface area contributed by atoms with Gasteiger partial charge in [-0.05, 0) is 38.1 Å². The van der Waals surface area contributed by atoms with Gasteiger partial charge >= 0.3 is 0 Å². The van der Waals surface area contributed by atoms with Crippen LogP contribution >= 0.6 is 0 Å². The lowest BCUT2D eigenvalue weighted by atomic mass is 10.2. The standard InChI is InChI=1S/C18H23N3O3/c1-13(2)24-16-7-5-4-6-15(16)21-17-12-14(8-9-19-17)18(22)20-10-11-23-3/h4-9,12-13H,10-11H2,1-3H3,(H,19,21)(H,20,22). The molecular formula is C18H23N3O3. The first-order valence-corrected chi connectivity index (χ1v) is 7.86. The minimum atomic E-state index is -0.163. The van der Waals surface area contributed by atoms with E-state index in [1.54, 1.807) is 25.4 Å². The van der Waals surface area contributed by atoms with Crippen molar-refractivity contribution in [2.45, 2.75) is 20.0 Å². The second-order valence-corrected chi connectivity index (χ2v) is 5.47. The number of hydrogen-bond acceptors (Lipinski definition) is 5. The third-order valence-electron chi connectivity index (χ3n) is 3.13. The van der Waals surface area contributed by atoms with Crippen LogP contribution < -0.4 is 15.4 Å². The van der Waals surface area contributed by atoms with Gasteiger partial charge in [0.2, 0.25) is 0 Å². The van der Waals surface area contributed by atoms with Gasteiger partial charge in [0.15, 0.2) is 0 Å². The highest BCUT2D eigenvalue weighted by Gasteiger charge is 2.09. The molecule has 1 amide bonds. The Hall–Kier alpha value is -2.60. The van der Waals surface area contributed by atoms with Gasteiger partial charge < -0.3 is 20.1 Å².